The van der Waals surface area contributed by atoms with Crippen LogP contribution in [-0.2, 0) is 4.79 Å². The fraction of sp³-hybridized carbons (Fsp3) is 0.750. The highest BCUT2D eigenvalue weighted by atomic mass is 16.5. The molecule has 7 nitrogen and oxygen atoms in total. The van der Waals surface area contributed by atoms with Gasteiger partial charge in [-0.3, -0.25) is 9.59 Å². The van der Waals surface area contributed by atoms with Gasteiger partial charge in [0.25, 0.3) is 5.91 Å². The number of likely N-dealkylation sites (tertiary alicyclic amines) is 3. The Labute approximate surface area is 160 Å². The first-order chi connectivity index (χ1) is 13.0. The third kappa shape index (κ3) is 2.96. The summed E-state index contributed by atoms with van der Waals surface area (Å²) in [6.07, 6.45) is 3.20. The number of hydrogen-bond acceptors (Lipinski definition) is 5. The molecular weight excluding hydrogens is 344 g/mol. The third-order valence-corrected chi connectivity index (χ3v) is 6.71. The van der Waals surface area contributed by atoms with E-state index in [1.807, 2.05) is 4.90 Å². The van der Waals surface area contributed by atoms with Crippen molar-refractivity contribution < 1.29 is 14.1 Å². The Hall–Kier alpha value is -1.89. The Balaban J connectivity index is 1.51. The molecule has 27 heavy (non-hydrogen) atoms. The van der Waals surface area contributed by atoms with Crippen LogP contribution in [0, 0.1) is 17.8 Å². The summed E-state index contributed by atoms with van der Waals surface area (Å²) in [6, 6.07) is 1.61. The summed E-state index contributed by atoms with van der Waals surface area (Å²) in [5, 5.41) is 3.64. The Morgan fingerprint density at radius 1 is 1.33 bits per heavy atom. The normalized spacial score (nSPS) is 27.8. The van der Waals surface area contributed by atoms with Crippen LogP contribution in [0.15, 0.2) is 16.8 Å². The van der Waals surface area contributed by atoms with Gasteiger partial charge in [-0.15, -0.1) is 0 Å². The molecule has 1 aromatic heterocycles. The number of fused-ring (bicyclic) bond motifs is 2. The highest BCUT2D eigenvalue weighted by Crippen LogP contribution is 2.49. The number of nitrogens with zero attached hydrogens (tertiary/aromatic N) is 4. The minimum absolute atomic E-state index is 0.0968. The lowest BCUT2D eigenvalue weighted by Crippen LogP contribution is -2.57. The van der Waals surface area contributed by atoms with E-state index in [-0.39, 0.29) is 17.4 Å². The maximum absolute atomic E-state index is 13.1. The van der Waals surface area contributed by atoms with Crippen molar-refractivity contribution in [3.8, 4) is 0 Å². The van der Waals surface area contributed by atoms with Gasteiger partial charge in [-0.25, -0.2) is 0 Å². The summed E-state index contributed by atoms with van der Waals surface area (Å²) in [5.41, 5.74) is -0.0968. The molecule has 7 heteroatoms. The second-order valence-electron chi connectivity index (χ2n) is 8.68. The van der Waals surface area contributed by atoms with Gasteiger partial charge in [0, 0.05) is 51.3 Å². The van der Waals surface area contributed by atoms with E-state index < -0.39 is 0 Å². The summed E-state index contributed by atoms with van der Waals surface area (Å²) in [6.45, 7) is 11.6. The van der Waals surface area contributed by atoms with Crippen molar-refractivity contribution in [2.75, 3.05) is 39.3 Å². The summed E-state index contributed by atoms with van der Waals surface area (Å²) in [4.78, 5) is 32.2. The molecule has 0 saturated carbocycles. The van der Waals surface area contributed by atoms with E-state index in [0.29, 0.717) is 36.6 Å². The molecular formula is C20H30N4O3. The SMILES string of the molecule is CCN1C(=O)[C@H]2CN(CC(C)C)C[C@H]2C12CCN(C(=O)c1ccno1)CC2. The molecule has 0 aliphatic carbocycles. The fourth-order valence-corrected chi connectivity index (χ4v) is 5.66. The molecule has 4 heterocycles. The Bertz CT molecular complexity index is 694. The third-order valence-electron chi connectivity index (χ3n) is 6.71. The number of carbonyl (C=O) groups excluding carboxylic acids is 2. The minimum Gasteiger partial charge on any atom is -0.351 e. The molecule has 0 N–H and O–H groups in total. The molecule has 0 unspecified atom stereocenters. The maximum atomic E-state index is 13.1. The van der Waals surface area contributed by atoms with Gasteiger partial charge in [0.1, 0.15) is 0 Å². The minimum atomic E-state index is -0.0980. The van der Waals surface area contributed by atoms with Gasteiger partial charge in [0.2, 0.25) is 11.7 Å². The average Bonchev–Trinajstić information content (AvgIpc) is 3.34. The molecule has 3 aliphatic rings. The zero-order valence-corrected chi connectivity index (χ0v) is 16.6. The van der Waals surface area contributed by atoms with E-state index in [1.165, 1.54) is 6.20 Å². The predicted molar refractivity (Wildman–Crippen MR) is 100 cm³/mol. The molecule has 2 atom stereocenters. The summed E-state index contributed by atoms with van der Waals surface area (Å²) in [7, 11) is 0. The molecule has 0 radical (unpaired) electrons. The second kappa shape index (κ2) is 6.93. The Kier molecular flexibility index (Phi) is 4.74. The van der Waals surface area contributed by atoms with Crippen LogP contribution in [0.3, 0.4) is 0 Å². The molecule has 148 valence electrons. The van der Waals surface area contributed by atoms with Gasteiger partial charge in [-0.1, -0.05) is 19.0 Å². The van der Waals surface area contributed by atoms with Crippen molar-refractivity contribution in [1.82, 2.24) is 19.9 Å². The zero-order valence-electron chi connectivity index (χ0n) is 16.6. The number of hydrogen-bond donors (Lipinski definition) is 0. The molecule has 3 fully saturated rings. The van der Waals surface area contributed by atoms with Crippen LogP contribution in [0.4, 0.5) is 0 Å². The first kappa shape index (κ1) is 18.5. The fourth-order valence-electron chi connectivity index (χ4n) is 5.66. The molecule has 3 aliphatic heterocycles. The maximum Gasteiger partial charge on any atom is 0.292 e. The van der Waals surface area contributed by atoms with E-state index in [9.17, 15) is 9.59 Å². The van der Waals surface area contributed by atoms with E-state index in [4.69, 9.17) is 4.52 Å². The monoisotopic (exact) mass is 374 g/mol. The largest absolute Gasteiger partial charge is 0.351 e. The van der Waals surface area contributed by atoms with E-state index >= 15 is 0 Å². The lowest BCUT2D eigenvalue weighted by molar-refractivity contribution is -0.135. The van der Waals surface area contributed by atoms with Crippen LogP contribution < -0.4 is 0 Å². The van der Waals surface area contributed by atoms with Crippen molar-refractivity contribution in [3.63, 3.8) is 0 Å². The predicted octanol–water partition coefficient (Wildman–Crippen LogP) is 1.72. The summed E-state index contributed by atoms with van der Waals surface area (Å²) < 4.78 is 5.03. The van der Waals surface area contributed by atoms with Gasteiger partial charge in [0.15, 0.2) is 0 Å². The van der Waals surface area contributed by atoms with Crippen molar-refractivity contribution in [1.29, 1.82) is 0 Å². The molecule has 1 spiro atoms. The van der Waals surface area contributed by atoms with E-state index in [0.717, 1.165) is 39.0 Å². The number of aromatic nitrogens is 1. The van der Waals surface area contributed by atoms with Gasteiger partial charge in [0.05, 0.1) is 17.7 Å². The highest BCUT2D eigenvalue weighted by Gasteiger charge is 2.61. The first-order valence-electron chi connectivity index (χ1n) is 10.2. The molecule has 3 saturated heterocycles. The topological polar surface area (TPSA) is 69.9 Å². The molecule has 1 aromatic rings. The quantitative estimate of drug-likeness (QED) is 0.803. The number of amides is 2. The van der Waals surface area contributed by atoms with Crippen molar-refractivity contribution in [3.05, 3.63) is 18.0 Å². The molecule has 0 aromatic carbocycles. The van der Waals surface area contributed by atoms with Crippen LogP contribution in [0.25, 0.3) is 0 Å². The summed E-state index contributed by atoms with van der Waals surface area (Å²) in [5.74, 6) is 1.63. The lowest BCUT2D eigenvalue weighted by atomic mass is 9.75. The molecule has 0 bridgehead atoms. The van der Waals surface area contributed by atoms with Gasteiger partial charge in [-0.2, -0.15) is 0 Å². The lowest BCUT2D eigenvalue weighted by Gasteiger charge is -2.47. The molecule has 2 amide bonds. The number of carbonyl (C=O) groups is 2. The average molecular weight is 374 g/mol. The Morgan fingerprint density at radius 3 is 2.67 bits per heavy atom. The van der Waals surface area contributed by atoms with Gasteiger partial charge < -0.3 is 19.2 Å². The van der Waals surface area contributed by atoms with Crippen molar-refractivity contribution in [2.45, 2.75) is 39.2 Å². The van der Waals surface area contributed by atoms with Gasteiger partial charge in [-0.05, 0) is 25.7 Å². The Morgan fingerprint density at radius 2 is 2.07 bits per heavy atom. The van der Waals surface area contributed by atoms with E-state index in [1.54, 1.807) is 6.07 Å². The standard InChI is InChI=1S/C20H30N4O3/c1-4-24-18(25)15-12-22(11-14(2)3)13-16(15)20(24)6-9-23(10-7-20)19(26)17-5-8-21-27-17/h5,8,14-16H,4,6-7,9-13H2,1-3H3/t15-,16+/m0/s1. The van der Waals surface area contributed by atoms with Crippen molar-refractivity contribution >= 4 is 11.8 Å². The second-order valence-corrected chi connectivity index (χ2v) is 8.68. The number of piperidine rings is 1. The first-order valence-corrected chi connectivity index (χ1v) is 10.2. The zero-order chi connectivity index (χ0) is 19.2. The van der Waals surface area contributed by atoms with Crippen LogP contribution in [0.2, 0.25) is 0 Å². The van der Waals surface area contributed by atoms with Crippen LogP contribution in [-0.4, -0.2) is 76.5 Å². The van der Waals surface area contributed by atoms with Gasteiger partial charge >= 0.3 is 0 Å². The van der Waals surface area contributed by atoms with Crippen molar-refractivity contribution in [2.24, 2.45) is 17.8 Å². The van der Waals surface area contributed by atoms with Crippen LogP contribution >= 0.6 is 0 Å². The smallest absolute Gasteiger partial charge is 0.292 e. The molecule has 4 rings (SSSR count). The van der Waals surface area contributed by atoms with E-state index in [2.05, 4.69) is 35.7 Å². The van der Waals surface area contributed by atoms with Crippen LogP contribution in [0.5, 0.6) is 0 Å². The number of rotatable bonds is 4. The summed E-state index contributed by atoms with van der Waals surface area (Å²) >= 11 is 0. The van der Waals surface area contributed by atoms with Crippen LogP contribution in [0.1, 0.15) is 44.2 Å². The highest BCUT2D eigenvalue weighted by molar-refractivity contribution is 5.91.